The molecule has 1 aromatic carbocycles. The molecule has 0 spiro atoms. The van der Waals surface area contributed by atoms with Crippen molar-refractivity contribution in [2.24, 2.45) is 0 Å². The van der Waals surface area contributed by atoms with Crippen LogP contribution in [0.1, 0.15) is 16.0 Å². The van der Waals surface area contributed by atoms with E-state index in [1.165, 1.54) is 16.0 Å². The van der Waals surface area contributed by atoms with Crippen molar-refractivity contribution in [1.29, 1.82) is 0 Å². The first-order valence-electron chi connectivity index (χ1n) is 5.88. The Morgan fingerprint density at radius 2 is 2.00 bits per heavy atom. The van der Waals surface area contributed by atoms with Gasteiger partial charge in [0.2, 0.25) is 0 Å². The smallest absolute Gasteiger partial charge is 0.196 e. The summed E-state index contributed by atoms with van der Waals surface area (Å²) in [5.41, 5.74) is 10.7. The average Bonchev–Trinajstić information content (AvgIpc) is 2.78. The van der Waals surface area contributed by atoms with E-state index in [0.29, 0.717) is 0 Å². The number of benzene rings is 1. The molecule has 2 heterocycles. The zero-order chi connectivity index (χ0) is 12.9. The number of aromatic nitrogens is 2. The Balaban J connectivity index is 2.25. The van der Waals surface area contributed by atoms with Crippen LogP contribution in [-0.2, 0) is 0 Å². The Morgan fingerprint density at radius 1 is 1.22 bits per heavy atom. The molecule has 0 aliphatic rings. The average molecular weight is 257 g/mol. The highest BCUT2D eigenvalue weighted by Crippen LogP contribution is 2.31. The molecule has 92 valence electrons. The Hall–Kier alpha value is -1.81. The van der Waals surface area contributed by atoms with E-state index in [4.69, 9.17) is 5.73 Å². The van der Waals surface area contributed by atoms with E-state index in [1.807, 2.05) is 10.6 Å². The fourth-order valence-corrected chi connectivity index (χ4v) is 3.08. The summed E-state index contributed by atoms with van der Waals surface area (Å²) in [6.45, 7) is 6.26. The minimum absolute atomic E-state index is 0.723. The van der Waals surface area contributed by atoms with Gasteiger partial charge in [-0.15, -0.1) is 11.3 Å². The van der Waals surface area contributed by atoms with Gasteiger partial charge in [0.25, 0.3) is 0 Å². The van der Waals surface area contributed by atoms with Crippen molar-refractivity contribution < 1.29 is 0 Å². The third-order valence-corrected chi connectivity index (χ3v) is 4.01. The number of rotatable bonds is 1. The fourth-order valence-electron chi connectivity index (χ4n) is 2.25. The van der Waals surface area contributed by atoms with Gasteiger partial charge in [0.05, 0.1) is 0 Å². The van der Waals surface area contributed by atoms with E-state index in [1.54, 1.807) is 11.3 Å². The molecule has 0 bridgehead atoms. The fraction of sp³-hybridized carbons (Fsp3) is 0.214. The molecule has 0 fully saturated rings. The van der Waals surface area contributed by atoms with Gasteiger partial charge in [0.15, 0.2) is 4.96 Å². The van der Waals surface area contributed by atoms with Crippen molar-refractivity contribution in [3.05, 3.63) is 40.4 Å². The summed E-state index contributed by atoms with van der Waals surface area (Å²) in [7, 11) is 0. The molecule has 0 unspecified atom stereocenters. The van der Waals surface area contributed by atoms with Crippen molar-refractivity contribution >= 4 is 22.1 Å². The standard InChI is InChI=1S/C14H15N3S/c1-8-4-5-11(9(2)6-8)12-13(15)17-7-10(3)18-14(17)16-12/h4-7H,15H2,1-3H3. The van der Waals surface area contributed by atoms with Crippen molar-refractivity contribution in [1.82, 2.24) is 9.38 Å². The van der Waals surface area contributed by atoms with E-state index in [2.05, 4.69) is 44.0 Å². The van der Waals surface area contributed by atoms with Crippen LogP contribution in [0.3, 0.4) is 0 Å². The molecule has 0 radical (unpaired) electrons. The van der Waals surface area contributed by atoms with E-state index in [0.717, 1.165) is 22.0 Å². The second kappa shape index (κ2) is 3.85. The first kappa shape index (κ1) is 11.3. The van der Waals surface area contributed by atoms with Gasteiger partial charge in [-0.3, -0.25) is 4.40 Å². The SMILES string of the molecule is Cc1ccc(-c2nc3sc(C)cn3c2N)c(C)c1. The Morgan fingerprint density at radius 3 is 2.67 bits per heavy atom. The van der Waals surface area contributed by atoms with E-state index in [-0.39, 0.29) is 0 Å². The predicted octanol–water partition coefficient (Wildman–Crippen LogP) is 3.57. The lowest BCUT2D eigenvalue weighted by atomic mass is 10.0. The Bertz CT molecular complexity index is 737. The maximum Gasteiger partial charge on any atom is 0.196 e. The number of anilines is 1. The van der Waals surface area contributed by atoms with Crippen LogP contribution in [0.2, 0.25) is 0 Å². The summed E-state index contributed by atoms with van der Waals surface area (Å²) >= 11 is 1.66. The molecule has 0 aliphatic heterocycles. The van der Waals surface area contributed by atoms with Crippen LogP contribution in [0.25, 0.3) is 16.2 Å². The summed E-state index contributed by atoms with van der Waals surface area (Å²) in [5, 5.41) is 0. The van der Waals surface area contributed by atoms with Crippen molar-refractivity contribution in [2.45, 2.75) is 20.8 Å². The molecule has 3 nitrogen and oxygen atoms in total. The summed E-state index contributed by atoms with van der Waals surface area (Å²) in [5.74, 6) is 0.723. The van der Waals surface area contributed by atoms with E-state index >= 15 is 0 Å². The maximum absolute atomic E-state index is 6.20. The number of nitrogens with two attached hydrogens (primary N) is 1. The number of nitrogen functional groups attached to an aromatic ring is 1. The minimum Gasteiger partial charge on any atom is -0.383 e. The molecular formula is C14H15N3S. The van der Waals surface area contributed by atoms with Crippen molar-refractivity contribution in [3.63, 3.8) is 0 Å². The highest BCUT2D eigenvalue weighted by molar-refractivity contribution is 7.17. The van der Waals surface area contributed by atoms with E-state index in [9.17, 15) is 0 Å². The van der Waals surface area contributed by atoms with Crippen LogP contribution in [0.4, 0.5) is 5.82 Å². The lowest BCUT2D eigenvalue weighted by Crippen LogP contribution is -1.94. The maximum atomic E-state index is 6.20. The number of hydrogen-bond acceptors (Lipinski definition) is 3. The highest BCUT2D eigenvalue weighted by Gasteiger charge is 2.14. The second-order valence-electron chi connectivity index (χ2n) is 4.66. The predicted molar refractivity (Wildman–Crippen MR) is 77.1 cm³/mol. The molecule has 0 amide bonds. The summed E-state index contributed by atoms with van der Waals surface area (Å²) in [6, 6.07) is 6.36. The quantitative estimate of drug-likeness (QED) is 0.724. The third kappa shape index (κ3) is 1.61. The number of thiazole rings is 1. The van der Waals surface area contributed by atoms with Crippen molar-refractivity contribution in [2.75, 3.05) is 5.73 Å². The molecule has 3 rings (SSSR count). The monoisotopic (exact) mass is 257 g/mol. The van der Waals surface area contributed by atoms with Crippen LogP contribution in [0, 0.1) is 20.8 Å². The number of imidazole rings is 1. The zero-order valence-electron chi connectivity index (χ0n) is 10.7. The zero-order valence-corrected chi connectivity index (χ0v) is 11.5. The van der Waals surface area contributed by atoms with Crippen LogP contribution in [0.15, 0.2) is 24.4 Å². The number of aryl methyl sites for hydroxylation is 3. The lowest BCUT2D eigenvalue weighted by Gasteiger charge is -2.05. The van der Waals surface area contributed by atoms with Crippen LogP contribution < -0.4 is 5.73 Å². The van der Waals surface area contributed by atoms with Gasteiger partial charge in [0, 0.05) is 16.6 Å². The van der Waals surface area contributed by atoms with Crippen LogP contribution in [0.5, 0.6) is 0 Å². The van der Waals surface area contributed by atoms with Gasteiger partial charge in [0.1, 0.15) is 11.5 Å². The molecule has 18 heavy (non-hydrogen) atoms. The van der Waals surface area contributed by atoms with Gasteiger partial charge < -0.3 is 5.73 Å². The van der Waals surface area contributed by atoms with Gasteiger partial charge in [-0.05, 0) is 26.3 Å². The largest absolute Gasteiger partial charge is 0.383 e. The van der Waals surface area contributed by atoms with Crippen molar-refractivity contribution in [3.8, 4) is 11.3 Å². The summed E-state index contributed by atoms with van der Waals surface area (Å²) in [6.07, 6.45) is 2.04. The van der Waals surface area contributed by atoms with Gasteiger partial charge in [-0.2, -0.15) is 0 Å². The summed E-state index contributed by atoms with van der Waals surface area (Å²) < 4.78 is 1.97. The molecule has 2 aromatic heterocycles. The molecule has 0 atom stereocenters. The number of nitrogens with zero attached hydrogens (tertiary/aromatic N) is 2. The minimum atomic E-state index is 0.723. The Kier molecular flexibility index (Phi) is 2.41. The van der Waals surface area contributed by atoms with E-state index < -0.39 is 0 Å². The van der Waals surface area contributed by atoms with Gasteiger partial charge in [-0.1, -0.05) is 23.8 Å². The molecule has 0 saturated heterocycles. The first-order chi connectivity index (χ1) is 8.56. The molecule has 2 N–H and O–H groups in total. The number of fused-ring (bicyclic) bond motifs is 1. The first-order valence-corrected chi connectivity index (χ1v) is 6.69. The highest BCUT2D eigenvalue weighted by atomic mass is 32.1. The molecule has 3 aromatic rings. The van der Waals surface area contributed by atoms with Crippen LogP contribution in [-0.4, -0.2) is 9.38 Å². The molecule has 0 saturated carbocycles. The molecule has 0 aliphatic carbocycles. The topological polar surface area (TPSA) is 43.3 Å². The van der Waals surface area contributed by atoms with Gasteiger partial charge >= 0.3 is 0 Å². The van der Waals surface area contributed by atoms with Gasteiger partial charge in [-0.25, -0.2) is 4.98 Å². The summed E-state index contributed by atoms with van der Waals surface area (Å²) in [4.78, 5) is 6.83. The Labute approximate surface area is 110 Å². The second-order valence-corrected chi connectivity index (χ2v) is 5.87. The molecule has 4 heteroatoms. The third-order valence-electron chi connectivity index (χ3n) is 3.12. The number of hydrogen-bond donors (Lipinski definition) is 1. The van der Waals surface area contributed by atoms with Crippen LogP contribution >= 0.6 is 11.3 Å². The molecular weight excluding hydrogens is 242 g/mol. The normalized spacial score (nSPS) is 11.3. The lowest BCUT2D eigenvalue weighted by molar-refractivity contribution is 1.22.